The van der Waals surface area contributed by atoms with Crippen molar-refractivity contribution in [2.45, 2.75) is 47.5 Å². The fourth-order valence-corrected chi connectivity index (χ4v) is 4.15. The van der Waals surface area contributed by atoms with E-state index in [1.807, 2.05) is 0 Å². The lowest BCUT2D eigenvalue weighted by Crippen LogP contribution is -2.44. The summed E-state index contributed by atoms with van der Waals surface area (Å²) in [6.45, 7) is 15.3. The number of carbonyl (C=O) groups is 1. The Labute approximate surface area is 93.9 Å². The molecular formula is C14H24O. The summed E-state index contributed by atoms with van der Waals surface area (Å²) in [5.41, 5.74) is 1.65. The van der Waals surface area contributed by atoms with E-state index in [-0.39, 0.29) is 16.7 Å². The van der Waals surface area contributed by atoms with Gasteiger partial charge in [-0.1, -0.05) is 39.8 Å². The molecule has 1 aliphatic carbocycles. The van der Waals surface area contributed by atoms with Crippen LogP contribution in [0.15, 0.2) is 12.2 Å². The lowest BCUT2D eigenvalue weighted by Gasteiger charge is -2.51. The molecule has 0 aromatic carbocycles. The topological polar surface area (TPSA) is 17.1 Å². The first-order valence-corrected chi connectivity index (χ1v) is 5.81. The van der Waals surface area contributed by atoms with Crippen molar-refractivity contribution in [1.82, 2.24) is 0 Å². The van der Waals surface area contributed by atoms with Gasteiger partial charge in [-0.15, -0.1) is 0 Å². The zero-order valence-electron chi connectivity index (χ0n) is 10.8. The minimum Gasteiger partial charge on any atom is -0.303 e. The number of hydrogen-bond donors (Lipinski definition) is 0. The van der Waals surface area contributed by atoms with Gasteiger partial charge in [-0.3, -0.25) is 0 Å². The van der Waals surface area contributed by atoms with Gasteiger partial charge in [0.2, 0.25) is 0 Å². The minimum absolute atomic E-state index is 0.194. The summed E-state index contributed by atoms with van der Waals surface area (Å²) < 4.78 is 0. The maximum Gasteiger partial charge on any atom is 0.123 e. The zero-order chi connectivity index (χ0) is 11.9. The molecule has 0 aliphatic heterocycles. The van der Waals surface area contributed by atoms with Crippen LogP contribution in [-0.2, 0) is 4.79 Å². The van der Waals surface area contributed by atoms with Crippen LogP contribution in [0.2, 0.25) is 0 Å². The lowest BCUT2D eigenvalue weighted by atomic mass is 9.53. The van der Waals surface area contributed by atoms with Crippen molar-refractivity contribution in [3.05, 3.63) is 12.2 Å². The van der Waals surface area contributed by atoms with Gasteiger partial charge in [0.15, 0.2) is 0 Å². The molecular weight excluding hydrogens is 184 g/mol. The molecule has 1 nitrogen and oxygen atoms in total. The largest absolute Gasteiger partial charge is 0.303 e. The van der Waals surface area contributed by atoms with Crippen LogP contribution in [0.4, 0.5) is 0 Å². The van der Waals surface area contributed by atoms with Crippen molar-refractivity contribution in [3.8, 4) is 0 Å². The van der Waals surface area contributed by atoms with Gasteiger partial charge in [0.25, 0.3) is 0 Å². The van der Waals surface area contributed by atoms with Gasteiger partial charge in [-0.05, 0) is 36.5 Å². The molecule has 0 radical (unpaired) electrons. The third-order valence-corrected chi connectivity index (χ3v) is 3.82. The number of carbonyl (C=O) groups excluding carboxylic acids is 1. The molecule has 0 heterocycles. The van der Waals surface area contributed by atoms with Crippen molar-refractivity contribution < 1.29 is 4.79 Å². The number of rotatable bonds is 2. The van der Waals surface area contributed by atoms with Gasteiger partial charge in [0.05, 0.1) is 0 Å². The average molecular weight is 208 g/mol. The minimum atomic E-state index is 0.194. The van der Waals surface area contributed by atoms with Gasteiger partial charge in [0, 0.05) is 5.92 Å². The Bertz CT molecular complexity index is 255. The van der Waals surface area contributed by atoms with Crippen LogP contribution >= 0.6 is 0 Å². The maximum absolute atomic E-state index is 11.0. The van der Waals surface area contributed by atoms with E-state index in [1.165, 1.54) is 5.57 Å². The molecule has 0 aromatic rings. The summed E-state index contributed by atoms with van der Waals surface area (Å²) in [4.78, 5) is 11.0. The van der Waals surface area contributed by atoms with Crippen molar-refractivity contribution in [1.29, 1.82) is 0 Å². The quantitative estimate of drug-likeness (QED) is 0.498. The molecule has 0 N–H and O–H groups in total. The normalized spacial score (nSPS) is 33.4. The Hall–Kier alpha value is -0.590. The van der Waals surface area contributed by atoms with Crippen LogP contribution in [0.25, 0.3) is 0 Å². The fourth-order valence-electron chi connectivity index (χ4n) is 4.15. The summed E-state index contributed by atoms with van der Waals surface area (Å²) >= 11 is 0. The Kier molecular flexibility index (Phi) is 3.14. The van der Waals surface area contributed by atoms with Gasteiger partial charge < -0.3 is 4.79 Å². The first-order valence-electron chi connectivity index (χ1n) is 5.81. The highest BCUT2D eigenvalue weighted by molar-refractivity contribution is 5.54. The van der Waals surface area contributed by atoms with Gasteiger partial charge in [-0.2, -0.15) is 0 Å². The first kappa shape index (κ1) is 12.5. The molecule has 0 bridgehead atoms. The molecule has 86 valence electrons. The summed E-state index contributed by atoms with van der Waals surface area (Å²) in [6.07, 6.45) is 3.13. The predicted molar refractivity (Wildman–Crippen MR) is 64.7 cm³/mol. The molecule has 0 saturated heterocycles. The van der Waals surface area contributed by atoms with E-state index in [2.05, 4.69) is 41.2 Å². The highest BCUT2D eigenvalue weighted by Crippen LogP contribution is 2.54. The van der Waals surface area contributed by atoms with E-state index in [9.17, 15) is 4.79 Å². The molecule has 0 atom stereocenters. The number of hydrogen-bond acceptors (Lipinski definition) is 1. The molecule has 15 heavy (non-hydrogen) atoms. The van der Waals surface area contributed by atoms with Crippen molar-refractivity contribution >= 4 is 6.29 Å². The average Bonchev–Trinajstić information content (AvgIpc) is 1.97. The molecule has 1 aliphatic rings. The SMILES string of the molecule is C=C(C)C1C(C)(C)CC(C=O)CC1(C)C. The molecule has 1 heteroatoms. The van der Waals surface area contributed by atoms with E-state index in [4.69, 9.17) is 0 Å². The van der Waals surface area contributed by atoms with Crippen LogP contribution in [0.5, 0.6) is 0 Å². The van der Waals surface area contributed by atoms with Crippen LogP contribution in [0, 0.1) is 22.7 Å². The smallest absolute Gasteiger partial charge is 0.123 e. The summed E-state index contributed by atoms with van der Waals surface area (Å²) in [7, 11) is 0. The Morgan fingerprint density at radius 3 is 1.87 bits per heavy atom. The monoisotopic (exact) mass is 208 g/mol. The molecule has 1 rings (SSSR count). The molecule has 1 fully saturated rings. The van der Waals surface area contributed by atoms with E-state index in [0.717, 1.165) is 19.1 Å². The van der Waals surface area contributed by atoms with Crippen molar-refractivity contribution in [3.63, 3.8) is 0 Å². The third-order valence-electron chi connectivity index (χ3n) is 3.82. The number of aldehydes is 1. The zero-order valence-corrected chi connectivity index (χ0v) is 10.8. The van der Waals surface area contributed by atoms with Crippen LogP contribution in [-0.4, -0.2) is 6.29 Å². The van der Waals surface area contributed by atoms with Crippen LogP contribution < -0.4 is 0 Å². The predicted octanol–water partition coefficient (Wildman–Crippen LogP) is 3.84. The highest BCUT2D eigenvalue weighted by atomic mass is 16.1. The molecule has 0 spiro atoms. The lowest BCUT2D eigenvalue weighted by molar-refractivity contribution is -0.116. The first-order chi connectivity index (χ1) is 6.70. The van der Waals surface area contributed by atoms with E-state index in [1.54, 1.807) is 0 Å². The second kappa shape index (κ2) is 3.77. The Morgan fingerprint density at radius 2 is 1.60 bits per heavy atom. The van der Waals surface area contributed by atoms with Gasteiger partial charge in [0.1, 0.15) is 6.29 Å². The fraction of sp³-hybridized carbons (Fsp3) is 0.786. The second-order valence-electron chi connectivity index (χ2n) is 6.56. The highest BCUT2D eigenvalue weighted by Gasteiger charge is 2.47. The number of allylic oxidation sites excluding steroid dienone is 1. The third kappa shape index (κ3) is 2.32. The van der Waals surface area contributed by atoms with E-state index < -0.39 is 0 Å². The Morgan fingerprint density at radius 1 is 1.20 bits per heavy atom. The van der Waals surface area contributed by atoms with Crippen molar-refractivity contribution in [2.24, 2.45) is 22.7 Å². The molecule has 0 unspecified atom stereocenters. The van der Waals surface area contributed by atoms with Gasteiger partial charge in [-0.25, -0.2) is 0 Å². The van der Waals surface area contributed by atoms with Crippen LogP contribution in [0.3, 0.4) is 0 Å². The van der Waals surface area contributed by atoms with E-state index in [0.29, 0.717) is 5.92 Å². The molecule has 0 aromatic heterocycles. The van der Waals surface area contributed by atoms with E-state index >= 15 is 0 Å². The summed E-state index contributed by atoms with van der Waals surface area (Å²) in [5, 5.41) is 0. The molecule has 0 amide bonds. The standard InChI is InChI=1S/C14H24O/c1-10(2)12-13(3,4)7-11(9-15)8-14(12,5)6/h9,11-12H,1,7-8H2,2-6H3. The maximum atomic E-state index is 11.0. The van der Waals surface area contributed by atoms with Crippen LogP contribution in [0.1, 0.15) is 47.5 Å². The second-order valence-corrected chi connectivity index (χ2v) is 6.56. The van der Waals surface area contributed by atoms with Gasteiger partial charge >= 0.3 is 0 Å². The summed E-state index contributed by atoms with van der Waals surface area (Å²) in [5.74, 6) is 0.742. The van der Waals surface area contributed by atoms with Crippen molar-refractivity contribution in [2.75, 3.05) is 0 Å². The molecule has 1 saturated carbocycles. The summed E-state index contributed by atoms with van der Waals surface area (Å²) in [6, 6.07) is 0. The Balaban J connectivity index is 3.05.